The van der Waals surface area contributed by atoms with Crippen LogP contribution in [0.5, 0.6) is 0 Å². The summed E-state index contributed by atoms with van der Waals surface area (Å²) in [5, 5.41) is 2.09. The van der Waals surface area contributed by atoms with Crippen molar-refractivity contribution in [1.82, 2.24) is 9.80 Å². The molecule has 0 saturated carbocycles. The summed E-state index contributed by atoms with van der Waals surface area (Å²) in [7, 11) is 2.09. The summed E-state index contributed by atoms with van der Waals surface area (Å²) < 4.78 is 12.2. The Bertz CT molecular complexity index is 733. The van der Waals surface area contributed by atoms with E-state index in [4.69, 9.17) is 9.47 Å². The smallest absolute Gasteiger partial charge is 0.207 e. The summed E-state index contributed by atoms with van der Waals surface area (Å²) in [6.07, 6.45) is 7.74. The number of hydrogen-bond donors (Lipinski definition) is 0. The highest BCUT2D eigenvalue weighted by Gasteiger charge is 2.31. The van der Waals surface area contributed by atoms with Crippen LogP contribution >= 0.6 is 23.1 Å². The van der Waals surface area contributed by atoms with E-state index in [0.29, 0.717) is 6.61 Å². The minimum Gasteiger partial charge on any atom is -0.492 e. The fourth-order valence-corrected chi connectivity index (χ4v) is 5.50. The zero-order valence-electron chi connectivity index (χ0n) is 16.1. The molecule has 1 aliphatic carbocycles. The van der Waals surface area contributed by atoms with Crippen LogP contribution in [0.3, 0.4) is 0 Å². The van der Waals surface area contributed by atoms with Crippen molar-refractivity contribution >= 4 is 23.1 Å². The molecule has 0 amide bonds. The Balaban J connectivity index is 1.28. The molecule has 3 heterocycles. The van der Waals surface area contributed by atoms with Crippen LogP contribution in [0, 0.1) is 0 Å². The van der Waals surface area contributed by atoms with E-state index in [1.807, 2.05) is 18.7 Å². The molecule has 2 aliphatic heterocycles. The highest BCUT2D eigenvalue weighted by atomic mass is 32.2. The molecule has 1 atom stereocenters. The number of ether oxygens (including phenoxy) is 2. The standard InChI is InChI=1S/C21H28N2O2S2/c1-16-19(22(2)21(25-16)20-4-3-12-27-20)14-24-18-7-5-17(6-8-18)9-10-23-11-13-26-15-23/h3-5,7,12,21H,6,8-11,13-15H2,1-2H3. The quantitative estimate of drug-likeness (QED) is 0.640. The third kappa shape index (κ3) is 4.55. The van der Waals surface area contributed by atoms with E-state index in [0.717, 1.165) is 30.1 Å². The van der Waals surface area contributed by atoms with Gasteiger partial charge in [-0.2, -0.15) is 0 Å². The molecule has 0 radical (unpaired) electrons. The summed E-state index contributed by atoms with van der Waals surface area (Å²) in [6, 6.07) is 4.19. The second-order valence-electron chi connectivity index (χ2n) is 7.25. The van der Waals surface area contributed by atoms with Gasteiger partial charge in [0.05, 0.1) is 16.3 Å². The van der Waals surface area contributed by atoms with Gasteiger partial charge in [0.25, 0.3) is 0 Å². The van der Waals surface area contributed by atoms with E-state index < -0.39 is 0 Å². The molecule has 0 N–H and O–H groups in total. The largest absolute Gasteiger partial charge is 0.492 e. The Morgan fingerprint density at radius 1 is 1.30 bits per heavy atom. The van der Waals surface area contributed by atoms with Crippen LogP contribution in [-0.4, -0.2) is 48.2 Å². The Kier molecular flexibility index (Phi) is 6.15. The normalized spacial score (nSPS) is 23.5. The van der Waals surface area contributed by atoms with E-state index in [9.17, 15) is 0 Å². The van der Waals surface area contributed by atoms with Gasteiger partial charge in [-0.15, -0.1) is 23.1 Å². The van der Waals surface area contributed by atoms with Gasteiger partial charge in [0.2, 0.25) is 6.23 Å². The van der Waals surface area contributed by atoms with Crippen molar-refractivity contribution in [1.29, 1.82) is 0 Å². The molecule has 4 rings (SSSR count). The summed E-state index contributed by atoms with van der Waals surface area (Å²) in [6.45, 7) is 5.05. The van der Waals surface area contributed by atoms with Gasteiger partial charge in [-0.25, -0.2) is 0 Å². The zero-order valence-corrected chi connectivity index (χ0v) is 17.8. The van der Waals surface area contributed by atoms with Crippen molar-refractivity contribution in [3.05, 3.63) is 57.3 Å². The van der Waals surface area contributed by atoms with Gasteiger partial charge in [-0.1, -0.05) is 17.7 Å². The van der Waals surface area contributed by atoms with Crippen molar-refractivity contribution < 1.29 is 9.47 Å². The molecular formula is C21H28N2O2S2. The predicted molar refractivity (Wildman–Crippen MR) is 113 cm³/mol. The van der Waals surface area contributed by atoms with E-state index >= 15 is 0 Å². The molecule has 146 valence electrons. The molecule has 1 saturated heterocycles. The summed E-state index contributed by atoms with van der Waals surface area (Å²) in [5.74, 6) is 4.54. The molecule has 6 heteroatoms. The molecule has 1 unspecified atom stereocenters. The lowest BCUT2D eigenvalue weighted by atomic mass is 10.0. The van der Waals surface area contributed by atoms with Crippen LogP contribution in [0.15, 0.2) is 52.5 Å². The zero-order chi connectivity index (χ0) is 18.6. The first-order valence-corrected chi connectivity index (χ1v) is 11.7. The van der Waals surface area contributed by atoms with Gasteiger partial charge >= 0.3 is 0 Å². The highest BCUT2D eigenvalue weighted by Crippen LogP contribution is 2.37. The molecule has 1 fully saturated rings. The van der Waals surface area contributed by atoms with Crippen LogP contribution in [0.25, 0.3) is 0 Å². The first-order chi connectivity index (χ1) is 13.2. The van der Waals surface area contributed by atoms with Crippen LogP contribution in [-0.2, 0) is 9.47 Å². The average molecular weight is 405 g/mol. The molecule has 0 spiro atoms. The van der Waals surface area contributed by atoms with Crippen molar-refractivity contribution in [2.75, 3.05) is 38.4 Å². The number of thiophene rings is 1. The number of likely N-dealkylation sites (N-methyl/N-ethyl adjacent to an activating group) is 1. The van der Waals surface area contributed by atoms with Gasteiger partial charge in [-0.05, 0) is 37.3 Å². The Labute approximate surface area is 170 Å². The topological polar surface area (TPSA) is 24.9 Å². The summed E-state index contributed by atoms with van der Waals surface area (Å²) in [4.78, 5) is 5.98. The van der Waals surface area contributed by atoms with Gasteiger partial charge in [0.1, 0.15) is 12.4 Å². The highest BCUT2D eigenvalue weighted by molar-refractivity contribution is 7.99. The van der Waals surface area contributed by atoms with Crippen molar-refractivity contribution in [3.8, 4) is 0 Å². The number of nitrogens with zero attached hydrogens (tertiary/aromatic N) is 2. The Morgan fingerprint density at radius 2 is 2.22 bits per heavy atom. The Morgan fingerprint density at radius 3 is 2.93 bits per heavy atom. The van der Waals surface area contributed by atoms with Crippen LogP contribution in [0.1, 0.15) is 37.3 Å². The summed E-state index contributed by atoms with van der Waals surface area (Å²) >= 11 is 3.77. The molecule has 4 nitrogen and oxygen atoms in total. The van der Waals surface area contributed by atoms with E-state index in [2.05, 4.69) is 46.5 Å². The average Bonchev–Trinajstić information content (AvgIpc) is 3.42. The van der Waals surface area contributed by atoms with E-state index in [1.54, 1.807) is 16.9 Å². The fraction of sp³-hybridized carbons (Fsp3) is 0.524. The number of rotatable bonds is 7. The van der Waals surface area contributed by atoms with Crippen molar-refractivity contribution in [2.24, 2.45) is 0 Å². The third-order valence-corrected chi connectivity index (χ3v) is 7.35. The fourth-order valence-electron chi connectivity index (χ4n) is 3.67. The van der Waals surface area contributed by atoms with Gasteiger partial charge < -0.3 is 14.4 Å². The molecule has 3 aliphatic rings. The lowest BCUT2D eigenvalue weighted by molar-refractivity contribution is 0.0539. The minimum atomic E-state index is -0.0146. The van der Waals surface area contributed by atoms with Crippen LogP contribution < -0.4 is 0 Å². The first-order valence-electron chi connectivity index (χ1n) is 9.65. The second-order valence-corrected chi connectivity index (χ2v) is 9.31. The van der Waals surface area contributed by atoms with Crippen LogP contribution in [0.2, 0.25) is 0 Å². The molecular weight excluding hydrogens is 376 g/mol. The maximum absolute atomic E-state index is 6.13. The predicted octanol–water partition coefficient (Wildman–Crippen LogP) is 4.96. The maximum Gasteiger partial charge on any atom is 0.207 e. The van der Waals surface area contributed by atoms with E-state index in [-0.39, 0.29) is 6.23 Å². The molecule has 27 heavy (non-hydrogen) atoms. The number of allylic oxidation sites excluding steroid dienone is 4. The third-order valence-electron chi connectivity index (χ3n) is 5.43. The van der Waals surface area contributed by atoms with Crippen LogP contribution in [0.4, 0.5) is 0 Å². The summed E-state index contributed by atoms with van der Waals surface area (Å²) in [5.41, 5.74) is 2.68. The maximum atomic E-state index is 6.13. The first kappa shape index (κ1) is 19.0. The molecule has 1 aromatic heterocycles. The second kappa shape index (κ2) is 8.76. The van der Waals surface area contributed by atoms with Gasteiger partial charge in [0.15, 0.2) is 0 Å². The monoisotopic (exact) mass is 404 g/mol. The van der Waals surface area contributed by atoms with E-state index in [1.165, 1.54) is 36.0 Å². The lowest BCUT2D eigenvalue weighted by Gasteiger charge is -2.23. The van der Waals surface area contributed by atoms with Crippen molar-refractivity contribution in [3.63, 3.8) is 0 Å². The Hall–Kier alpha value is -1.37. The lowest BCUT2D eigenvalue weighted by Crippen LogP contribution is -2.22. The van der Waals surface area contributed by atoms with Gasteiger partial charge in [-0.3, -0.25) is 4.90 Å². The molecule has 1 aromatic rings. The minimum absolute atomic E-state index is 0.0146. The molecule has 0 bridgehead atoms. The molecule has 0 aromatic carbocycles. The van der Waals surface area contributed by atoms with Gasteiger partial charge in [0, 0.05) is 38.2 Å². The van der Waals surface area contributed by atoms with Crippen molar-refractivity contribution in [2.45, 2.75) is 32.4 Å². The SMILES string of the molecule is CC1=C(COC2=CC=C(CCN3CCSC3)CC2)N(C)C(c2cccs2)O1. The number of hydrogen-bond acceptors (Lipinski definition) is 6. The number of thioether (sulfide) groups is 1.